The van der Waals surface area contributed by atoms with Crippen molar-refractivity contribution in [1.82, 2.24) is 0 Å². The Morgan fingerprint density at radius 3 is 1.09 bits per heavy atom. The molecule has 0 aliphatic rings. The van der Waals surface area contributed by atoms with Crippen molar-refractivity contribution >= 4 is 18.3 Å². The van der Waals surface area contributed by atoms with Crippen LogP contribution in [0.5, 0.6) is 0 Å². The topological polar surface area (TPSA) is 139 Å². The fraction of sp³-hybridized carbons (Fsp3) is 0. The molecule has 0 unspecified atom stereocenters. The van der Waals surface area contributed by atoms with Crippen molar-refractivity contribution in [3.8, 4) is 0 Å². The summed E-state index contributed by atoms with van der Waals surface area (Å²) in [5.74, 6) is 0. The second-order valence-corrected chi connectivity index (χ2v) is 2.05. The van der Waals surface area contributed by atoms with Gasteiger partial charge in [0, 0.05) is 0 Å². The zero-order valence-electron chi connectivity index (χ0n) is 4.66. The van der Waals surface area contributed by atoms with Crippen molar-refractivity contribution in [1.29, 1.82) is 0 Å². The van der Waals surface area contributed by atoms with Gasteiger partial charge in [-0.3, -0.25) is 10.5 Å². The monoisotopic (exact) mass is 244 g/mol. The van der Waals surface area contributed by atoms with Crippen LogP contribution in [-0.4, -0.2) is 28.9 Å². The van der Waals surface area contributed by atoms with Gasteiger partial charge in [-0.1, -0.05) is 0 Å². The quantitative estimate of drug-likeness (QED) is 0.290. The SMILES string of the molecule is O=[Si]([O-])OO.O=[Si]([O-])OO.[Ni+2]. The summed E-state index contributed by atoms with van der Waals surface area (Å²) < 4.78 is 23.4. The zero-order chi connectivity index (χ0) is 8.57. The van der Waals surface area contributed by atoms with E-state index in [9.17, 15) is 0 Å². The molecule has 0 aromatic carbocycles. The minimum absolute atomic E-state index is 0. The van der Waals surface area contributed by atoms with Crippen molar-refractivity contribution in [2.75, 3.05) is 0 Å². The van der Waals surface area contributed by atoms with E-state index in [1.807, 2.05) is 0 Å². The summed E-state index contributed by atoms with van der Waals surface area (Å²) in [6.45, 7) is 0. The molecule has 0 fully saturated rings. The first-order chi connectivity index (χ1) is 4.54. The predicted octanol–water partition coefficient (Wildman–Crippen LogP) is -3.50. The van der Waals surface area contributed by atoms with Gasteiger partial charge in [-0.05, 0) is 0 Å². The van der Waals surface area contributed by atoms with E-state index >= 15 is 0 Å². The Labute approximate surface area is 73.6 Å². The van der Waals surface area contributed by atoms with Crippen LogP contribution in [0.4, 0.5) is 0 Å². The predicted molar refractivity (Wildman–Crippen MR) is 20.3 cm³/mol. The fourth-order valence-corrected chi connectivity index (χ4v) is 0. The smallest absolute Gasteiger partial charge is 0.478 e. The van der Waals surface area contributed by atoms with Gasteiger partial charge in [0.15, 0.2) is 0 Å². The Morgan fingerprint density at radius 2 is 1.09 bits per heavy atom. The van der Waals surface area contributed by atoms with E-state index in [0.29, 0.717) is 0 Å². The van der Waals surface area contributed by atoms with Crippen LogP contribution in [0, 0.1) is 0 Å². The first kappa shape index (κ1) is 16.9. The van der Waals surface area contributed by atoms with E-state index < -0.39 is 18.3 Å². The average Bonchev–Trinajstić information content (AvgIpc) is 1.89. The van der Waals surface area contributed by atoms with E-state index in [4.69, 9.17) is 29.0 Å². The third-order valence-electron chi connectivity index (χ3n) is 0.149. The molecule has 8 nitrogen and oxygen atoms in total. The van der Waals surface area contributed by atoms with E-state index in [-0.39, 0.29) is 16.5 Å². The van der Waals surface area contributed by atoms with E-state index in [2.05, 4.69) is 9.15 Å². The Morgan fingerprint density at radius 1 is 1.00 bits per heavy atom. The molecule has 0 radical (unpaired) electrons. The van der Waals surface area contributed by atoms with Crippen molar-refractivity contribution in [3.05, 3.63) is 0 Å². The summed E-state index contributed by atoms with van der Waals surface area (Å²) in [4.78, 5) is 17.9. The third-order valence-corrected chi connectivity index (χ3v) is 0.447. The van der Waals surface area contributed by atoms with Crippen molar-refractivity contribution < 1.29 is 54.7 Å². The summed E-state index contributed by atoms with van der Waals surface area (Å²) in [6.07, 6.45) is 0. The molecule has 0 rings (SSSR count). The number of hydrogen-bond donors (Lipinski definition) is 2. The van der Waals surface area contributed by atoms with Crippen LogP contribution in [0.2, 0.25) is 0 Å². The maximum Gasteiger partial charge on any atom is 2.00 e. The normalized spacial score (nSPS) is 6.00. The van der Waals surface area contributed by atoms with Gasteiger partial charge in [0.2, 0.25) is 0 Å². The molecule has 0 aliphatic carbocycles. The van der Waals surface area contributed by atoms with Crippen LogP contribution in [0.1, 0.15) is 0 Å². The third kappa shape index (κ3) is 42.4. The van der Waals surface area contributed by atoms with Crippen LogP contribution < -0.4 is 9.59 Å². The average molecular weight is 245 g/mol. The van der Waals surface area contributed by atoms with E-state index in [0.717, 1.165) is 0 Å². The van der Waals surface area contributed by atoms with Crippen molar-refractivity contribution in [2.24, 2.45) is 0 Å². The number of rotatable bonds is 2. The van der Waals surface area contributed by atoms with Gasteiger partial charge in [0.1, 0.15) is 0 Å². The maximum atomic E-state index is 8.97. The molecule has 2 N–H and O–H groups in total. The van der Waals surface area contributed by atoms with Crippen LogP contribution in [-0.2, 0) is 34.6 Å². The van der Waals surface area contributed by atoms with Crippen molar-refractivity contribution in [3.63, 3.8) is 0 Å². The molecule has 11 heteroatoms. The molecule has 0 saturated heterocycles. The van der Waals surface area contributed by atoms with Crippen LogP contribution in [0.15, 0.2) is 0 Å². The van der Waals surface area contributed by atoms with Crippen LogP contribution in [0.3, 0.4) is 0 Å². The maximum absolute atomic E-state index is 8.97. The molecule has 0 atom stereocenters. The van der Waals surface area contributed by atoms with Gasteiger partial charge in [-0.15, -0.1) is 0 Å². The van der Waals surface area contributed by atoms with Crippen molar-refractivity contribution in [2.45, 2.75) is 0 Å². The molecule has 0 heterocycles. The Bertz CT molecular complexity index is 96.7. The molecular formula is H2NiO8Si2. The van der Waals surface area contributed by atoms with Gasteiger partial charge in [-0.25, -0.2) is 0 Å². The molecule has 0 bridgehead atoms. The zero-order valence-corrected chi connectivity index (χ0v) is 7.65. The van der Waals surface area contributed by atoms with E-state index in [1.54, 1.807) is 0 Å². The summed E-state index contributed by atoms with van der Waals surface area (Å²) in [5, 5.41) is 14.1. The van der Waals surface area contributed by atoms with Gasteiger partial charge in [0.05, 0.1) is 0 Å². The molecule has 0 aromatic heterocycles. The molecule has 68 valence electrons. The molecular weight excluding hydrogens is 243 g/mol. The standard InChI is InChI=1S/Ni.2HO4Si/c;2*1-4-5(2)3/h;2*1H/q+2;2*-1. The minimum Gasteiger partial charge on any atom is -0.478 e. The molecule has 0 aliphatic heterocycles. The van der Waals surface area contributed by atoms with Gasteiger partial charge in [-0.2, -0.15) is 0 Å². The first-order valence-corrected chi connectivity index (χ1v) is 4.04. The largest absolute Gasteiger partial charge is 2.00 e. The second-order valence-electron chi connectivity index (χ2n) is 0.683. The summed E-state index contributed by atoms with van der Waals surface area (Å²) >= 11 is 0. The first-order valence-electron chi connectivity index (χ1n) is 1.59. The fourth-order valence-electron chi connectivity index (χ4n) is 0. The van der Waals surface area contributed by atoms with Gasteiger partial charge in [0.25, 0.3) is 0 Å². The van der Waals surface area contributed by atoms with Gasteiger partial charge < -0.3 is 27.7 Å². The molecule has 0 saturated carbocycles. The number of hydrogen-bond acceptors (Lipinski definition) is 8. The van der Waals surface area contributed by atoms with Crippen LogP contribution >= 0.6 is 0 Å². The Balaban J connectivity index is -0.000000107. The Hall–Kier alpha value is -0.353. The van der Waals surface area contributed by atoms with Crippen LogP contribution in [0.25, 0.3) is 0 Å². The summed E-state index contributed by atoms with van der Waals surface area (Å²) in [5.41, 5.74) is 0. The molecule has 0 spiro atoms. The second kappa shape index (κ2) is 12.3. The molecule has 0 amide bonds. The van der Waals surface area contributed by atoms with Gasteiger partial charge >= 0.3 is 34.8 Å². The minimum atomic E-state index is -3.32. The van der Waals surface area contributed by atoms with E-state index in [1.165, 1.54) is 0 Å². The molecule has 0 aromatic rings. The summed E-state index contributed by atoms with van der Waals surface area (Å²) in [6, 6.07) is 0. The Kier molecular flexibility index (Phi) is 19.0. The summed E-state index contributed by atoms with van der Waals surface area (Å²) in [7, 11) is -6.64. The molecule has 11 heavy (non-hydrogen) atoms.